The summed E-state index contributed by atoms with van der Waals surface area (Å²) in [5.74, 6) is -1.28. The zero-order valence-corrected chi connectivity index (χ0v) is 17.8. The lowest BCUT2D eigenvalue weighted by Crippen LogP contribution is -2.25. The van der Waals surface area contributed by atoms with Crippen LogP contribution in [0.3, 0.4) is 0 Å². The molecule has 0 aliphatic heterocycles. The van der Waals surface area contributed by atoms with Gasteiger partial charge in [-0.25, -0.2) is 9.78 Å². The third-order valence-corrected chi connectivity index (χ3v) is 6.55. The van der Waals surface area contributed by atoms with Gasteiger partial charge in [-0.3, -0.25) is 4.79 Å². The summed E-state index contributed by atoms with van der Waals surface area (Å²) < 4.78 is 0. The second-order valence-corrected chi connectivity index (χ2v) is 8.55. The Morgan fingerprint density at radius 2 is 2.00 bits per heavy atom. The molecule has 3 rings (SSSR count). The molecular weight excluding hydrogens is 398 g/mol. The van der Waals surface area contributed by atoms with Crippen LogP contribution in [0.2, 0.25) is 0 Å². The van der Waals surface area contributed by atoms with Crippen LogP contribution in [0.4, 0.5) is 5.69 Å². The third kappa shape index (κ3) is 5.39. The maximum absolute atomic E-state index is 12.8. The lowest BCUT2D eigenvalue weighted by Gasteiger charge is -2.18. The number of thioether (sulfide) groups is 1. The van der Waals surface area contributed by atoms with Gasteiger partial charge in [0.2, 0.25) is 5.91 Å². The van der Waals surface area contributed by atoms with Crippen LogP contribution in [-0.4, -0.2) is 27.2 Å². The summed E-state index contributed by atoms with van der Waals surface area (Å²) >= 11 is 1.30. The number of amides is 1. The number of hydrogen-bond acceptors (Lipinski definition) is 5. The Morgan fingerprint density at radius 1 is 1.23 bits per heavy atom. The highest BCUT2D eigenvalue weighted by Gasteiger charge is 2.22. The highest BCUT2D eigenvalue weighted by Crippen LogP contribution is 2.31. The molecule has 1 atom stereocenters. The number of rotatable bonds is 6. The van der Waals surface area contributed by atoms with E-state index in [1.807, 2.05) is 13.0 Å². The molecule has 0 saturated heterocycles. The molecule has 1 aromatic heterocycles. The summed E-state index contributed by atoms with van der Waals surface area (Å²) in [6, 6.07) is 10.3. The Kier molecular flexibility index (Phi) is 7.47. The second kappa shape index (κ2) is 10.3. The summed E-state index contributed by atoms with van der Waals surface area (Å²) in [5.41, 5.74) is 3.26. The van der Waals surface area contributed by atoms with Crippen LogP contribution >= 0.6 is 11.8 Å². The molecule has 1 unspecified atom stereocenters. The van der Waals surface area contributed by atoms with Crippen LogP contribution in [0.5, 0.6) is 0 Å². The molecule has 1 aliphatic rings. The molecule has 1 amide bonds. The molecule has 6 nitrogen and oxygen atoms in total. The Morgan fingerprint density at radius 3 is 2.70 bits per heavy atom. The largest absolute Gasteiger partial charge is 0.478 e. The van der Waals surface area contributed by atoms with Crippen molar-refractivity contribution in [3.8, 4) is 6.07 Å². The van der Waals surface area contributed by atoms with Gasteiger partial charge in [0, 0.05) is 11.4 Å². The molecule has 156 valence electrons. The number of anilines is 1. The molecule has 0 fully saturated rings. The molecule has 2 aromatic rings. The van der Waals surface area contributed by atoms with E-state index in [2.05, 4.69) is 11.4 Å². The number of carboxylic acid groups (broad SMARTS) is 1. The lowest BCUT2D eigenvalue weighted by atomic mass is 9.96. The monoisotopic (exact) mass is 423 g/mol. The molecular formula is C23H25N3O3S. The quantitative estimate of drug-likeness (QED) is 0.646. The van der Waals surface area contributed by atoms with Crippen LogP contribution in [0, 0.1) is 11.3 Å². The van der Waals surface area contributed by atoms with Crippen LogP contribution in [0.1, 0.15) is 66.2 Å². The van der Waals surface area contributed by atoms with Crippen molar-refractivity contribution in [2.45, 2.75) is 62.1 Å². The molecule has 2 N–H and O–H groups in total. The number of hydrogen-bond donors (Lipinski definition) is 2. The van der Waals surface area contributed by atoms with Crippen molar-refractivity contribution in [3.63, 3.8) is 0 Å². The normalized spacial score (nSPS) is 14.5. The maximum atomic E-state index is 12.8. The Hall–Kier alpha value is -2.85. The number of aryl methyl sites for hydroxylation is 2. The van der Waals surface area contributed by atoms with Gasteiger partial charge in [-0.2, -0.15) is 5.26 Å². The predicted octanol–water partition coefficient (Wildman–Crippen LogP) is 4.82. The minimum atomic E-state index is -1.05. The van der Waals surface area contributed by atoms with Gasteiger partial charge in [-0.15, -0.1) is 0 Å². The number of aromatic nitrogens is 1. The first-order chi connectivity index (χ1) is 14.5. The average Bonchev–Trinajstić information content (AvgIpc) is 2.72. The number of carbonyl (C=O) groups excluding carboxylic acids is 1. The Labute approximate surface area is 180 Å². The van der Waals surface area contributed by atoms with E-state index in [0.29, 0.717) is 22.7 Å². The third-order valence-electron chi connectivity index (χ3n) is 5.18. The molecule has 0 radical (unpaired) electrons. The number of nitrogens with one attached hydrogen (secondary N) is 1. The van der Waals surface area contributed by atoms with Crippen molar-refractivity contribution in [1.29, 1.82) is 5.26 Å². The first-order valence-electron chi connectivity index (χ1n) is 10.3. The summed E-state index contributed by atoms with van der Waals surface area (Å²) in [6.07, 6.45) is 7.00. The lowest BCUT2D eigenvalue weighted by molar-refractivity contribution is -0.115. The van der Waals surface area contributed by atoms with Crippen molar-refractivity contribution in [1.82, 2.24) is 4.98 Å². The number of fused-ring (bicyclic) bond motifs is 1. The molecule has 1 aliphatic carbocycles. The standard InChI is InChI=1S/C23H25N3O3S/c1-2-20(21(27)25-18-10-7-9-16(13-18)23(28)29)30-22-17(14-24)12-15-8-5-3-4-6-11-19(15)26-22/h7,9-10,12-13,20H,2-6,8,11H2,1H3,(H,25,27)(H,28,29). The Balaban J connectivity index is 1.80. The van der Waals surface area contributed by atoms with Gasteiger partial charge >= 0.3 is 5.97 Å². The van der Waals surface area contributed by atoms with Crippen LogP contribution in [-0.2, 0) is 17.6 Å². The van der Waals surface area contributed by atoms with Crippen molar-refractivity contribution in [3.05, 3.63) is 52.7 Å². The summed E-state index contributed by atoms with van der Waals surface area (Å²) in [5, 5.41) is 21.7. The van der Waals surface area contributed by atoms with Gasteiger partial charge in [0.1, 0.15) is 11.1 Å². The fourth-order valence-corrected chi connectivity index (χ4v) is 4.54. The highest BCUT2D eigenvalue weighted by molar-refractivity contribution is 8.00. The molecule has 30 heavy (non-hydrogen) atoms. The first kappa shape index (κ1) is 21.8. The summed E-state index contributed by atoms with van der Waals surface area (Å²) in [7, 11) is 0. The fraction of sp³-hybridized carbons (Fsp3) is 0.391. The average molecular weight is 424 g/mol. The number of aromatic carboxylic acids is 1. The van der Waals surface area contributed by atoms with Crippen molar-refractivity contribution < 1.29 is 14.7 Å². The minimum absolute atomic E-state index is 0.114. The van der Waals surface area contributed by atoms with E-state index in [-0.39, 0.29) is 11.5 Å². The fourth-order valence-electron chi connectivity index (χ4n) is 3.55. The molecule has 0 spiro atoms. The predicted molar refractivity (Wildman–Crippen MR) is 117 cm³/mol. The molecule has 0 bridgehead atoms. The first-order valence-corrected chi connectivity index (χ1v) is 11.1. The Bertz CT molecular complexity index is 984. The minimum Gasteiger partial charge on any atom is -0.478 e. The van der Waals surface area contributed by atoms with Crippen molar-refractivity contribution >= 4 is 29.3 Å². The second-order valence-electron chi connectivity index (χ2n) is 7.36. The highest BCUT2D eigenvalue weighted by atomic mass is 32.2. The molecule has 7 heteroatoms. The van der Waals surface area contributed by atoms with E-state index in [0.717, 1.165) is 36.9 Å². The van der Waals surface area contributed by atoms with E-state index >= 15 is 0 Å². The SMILES string of the molecule is CCC(Sc1nc2c(cc1C#N)CCCCCC2)C(=O)Nc1cccc(C(=O)O)c1. The van der Waals surface area contributed by atoms with Gasteiger partial charge in [0.25, 0.3) is 0 Å². The molecule has 1 heterocycles. The number of nitriles is 1. The maximum Gasteiger partial charge on any atom is 0.335 e. The van der Waals surface area contributed by atoms with E-state index in [9.17, 15) is 14.9 Å². The van der Waals surface area contributed by atoms with Crippen molar-refractivity contribution in [2.75, 3.05) is 5.32 Å². The summed E-state index contributed by atoms with van der Waals surface area (Å²) in [6.45, 7) is 1.91. The van der Waals surface area contributed by atoms with E-state index in [1.165, 1.54) is 36.7 Å². The van der Waals surface area contributed by atoms with Gasteiger partial charge in [0.15, 0.2) is 0 Å². The van der Waals surface area contributed by atoms with Gasteiger partial charge in [0.05, 0.1) is 16.4 Å². The number of carbonyl (C=O) groups is 2. The van der Waals surface area contributed by atoms with Crippen molar-refractivity contribution in [2.24, 2.45) is 0 Å². The number of pyridine rings is 1. The molecule has 0 saturated carbocycles. The number of benzene rings is 1. The topological polar surface area (TPSA) is 103 Å². The van der Waals surface area contributed by atoms with Crippen LogP contribution < -0.4 is 5.32 Å². The van der Waals surface area contributed by atoms with E-state index < -0.39 is 11.2 Å². The van der Waals surface area contributed by atoms with E-state index in [1.54, 1.807) is 12.1 Å². The summed E-state index contributed by atoms with van der Waals surface area (Å²) in [4.78, 5) is 28.8. The van der Waals surface area contributed by atoms with Gasteiger partial charge in [-0.05, 0) is 61.9 Å². The van der Waals surface area contributed by atoms with E-state index in [4.69, 9.17) is 10.1 Å². The van der Waals surface area contributed by atoms with Gasteiger partial charge < -0.3 is 10.4 Å². The number of nitrogens with zero attached hydrogens (tertiary/aromatic N) is 2. The smallest absolute Gasteiger partial charge is 0.335 e. The van der Waals surface area contributed by atoms with Crippen LogP contribution in [0.25, 0.3) is 0 Å². The van der Waals surface area contributed by atoms with Crippen LogP contribution in [0.15, 0.2) is 35.4 Å². The zero-order valence-electron chi connectivity index (χ0n) is 17.0. The number of carboxylic acids is 1. The molecule has 1 aromatic carbocycles. The van der Waals surface area contributed by atoms with Gasteiger partial charge in [-0.1, -0.05) is 37.6 Å². The zero-order chi connectivity index (χ0) is 21.5.